The number of guanidine groups is 1. The van der Waals surface area contributed by atoms with Crippen LogP contribution >= 0.6 is 11.3 Å². The SMILES string of the molecule is CCc1cnc(CCNC(=NC)NCCCN(C)CC(F)(F)F)s1. The van der Waals surface area contributed by atoms with Crippen molar-refractivity contribution in [1.29, 1.82) is 0 Å². The molecule has 24 heavy (non-hydrogen) atoms. The number of halogens is 3. The van der Waals surface area contributed by atoms with Crippen LogP contribution in [0, 0.1) is 0 Å². The van der Waals surface area contributed by atoms with Crippen LogP contribution in [-0.4, -0.2) is 62.3 Å². The average Bonchev–Trinajstić information content (AvgIpc) is 2.96. The minimum Gasteiger partial charge on any atom is -0.356 e. The van der Waals surface area contributed by atoms with E-state index in [1.165, 1.54) is 16.8 Å². The van der Waals surface area contributed by atoms with E-state index >= 15 is 0 Å². The zero-order valence-corrected chi connectivity index (χ0v) is 15.2. The lowest BCUT2D eigenvalue weighted by molar-refractivity contribution is -0.143. The van der Waals surface area contributed by atoms with E-state index in [-0.39, 0.29) is 0 Å². The van der Waals surface area contributed by atoms with Crippen LogP contribution in [0.2, 0.25) is 0 Å². The predicted octanol–water partition coefficient (Wildman–Crippen LogP) is 2.30. The molecule has 0 radical (unpaired) electrons. The van der Waals surface area contributed by atoms with Crippen LogP contribution in [0.1, 0.15) is 23.2 Å². The molecular formula is C15H26F3N5S. The van der Waals surface area contributed by atoms with Gasteiger partial charge in [0.25, 0.3) is 0 Å². The van der Waals surface area contributed by atoms with Gasteiger partial charge >= 0.3 is 6.18 Å². The molecule has 0 atom stereocenters. The van der Waals surface area contributed by atoms with E-state index in [2.05, 4.69) is 27.5 Å². The Labute approximate surface area is 145 Å². The number of nitrogens with zero attached hydrogens (tertiary/aromatic N) is 3. The monoisotopic (exact) mass is 365 g/mol. The molecule has 0 amide bonds. The summed E-state index contributed by atoms with van der Waals surface area (Å²) in [5.41, 5.74) is 0. The Balaban J connectivity index is 2.16. The molecule has 1 aromatic rings. The van der Waals surface area contributed by atoms with E-state index in [9.17, 15) is 13.2 Å². The van der Waals surface area contributed by atoms with Gasteiger partial charge in [0.1, 0.15) is 0 Å². The predicted molar refractivity (Wildman–Crippen MR) is 92.7 cm³/mol. The highest BCUT2D eigenvalue weighted by atomic mass is 32.1. The highest BCUT2D eigenvalue weighted by Gasteiger charge is 2.28. The maximum Gasteiger partial charge on any atom is 0.401 e. The minimum atomic E-state index is -4.15. The Morgan fingerprint density at radius 3 is 2.62 bits per heavy atom. The molecule has 0 spiro atoms. The Bertz CT molecular complexity index is 502. The number of alkyl halides is 3. The van der Waals surface area contributed by atoms with Gasteiger partial charge in [-0.1, -0.05) is 6.92 Å². The molecule has 0 aliphatic heterocycles. The van der Waals surface area contributed by atoms with Crippen LogP contribution < -0.4 is 10.6 Å². The molecule has 0 saturated carbocycles. The Kier molecular flexibility index (Phi) is 9.05. The summed E-state index contributed by atoms with van der Waals surface area (Å²) in [7, 11) is 3.14. The van der Waals surface area contributed by atoms with Crippen molar-refractivity contribution in [1.82, 2.24) is 20.5 Å². The van der Waals surface area contributed by atoms with E-state index in [0.717, 1.165) is 17.8 Å². The minimum absolute atomic E-state index is 0.377. The van der Waals surface area contributed by atoms with E-state index in [4.69, 9.17) is 0 Å². The number of aliphatic imine (C=N–C) groups is 1. The summed E-state index contributed by atoms with van der Waals surface area (Å²) in [5.74, 6) is 0.653. The first-order valence-electron chi connectivity index (χ1n) is 7.97. The van der Waals surface area contributed by atoms with Crippen molar-refractivity contribution in [3.8, 4) is 0 Å². The third-order valence-corrected chi connectivity index (χ3v) is 4.46. The lowest BCUT2D eigenvalue weighted by Crippen LogP contribution is -2.40. The largest absolute Gasteiger partial charge is 0.401 e. The molecule has 0 saturated heterocycles. The summed E-state index contributed by atoms with van der Waals surface area (Å²) < 4.78 is 36.6. The van der Waals surface area contributed by atoms with E-state index in [0.29, 0.717) is 32.0 Å². The number of nitrogens with one attached hydrogen (secondary N) is 2. The third-order valence-electron chi connectivity index (χ3n) is 3.26. The second-order valence-electron chi connectivity index (χ2n) is 5.46. The Morgan fingerprint density at radius 2 is 2.04 bits per heavy atom. The van der Waals surface area contributed by atoms with Crippen LogP contribution in [0.3, 0.4) is 0 Å². The molecular weight excluding hydrogens is 339 g/mol. The molecule has 0 aliphatic rings. The van der Waals surface area contributed by atoms with Gasteiger partial charge < -0.3 is 10.6 Å². The molecule has 0 fully saturated rings. The molecule has 2 N–H and O–H groups in total. The standard InChI is InChI=1S/C15H26F3N5S/c1-4-12-10-22-13(24-12)6-8-21-14(19-2)20-7-5-9-23(3)11-15(16,17)18/h10H,4-9,11H2,1-3H3,(H2,19,20,21). The van der Waals surface area contributed by atoms with Crippen molar-refractivity contribution in [2.75, 3.05) is 40.3 Å². The van der Waals surface area contributed by atoms with E-state index in [1.54, 1.807) is 18.4 Å². The second-order valence-corrected chi connectivity index (χ2v) is 6.66. The highest BCUT2D eigenvalue weighted by molar-refractivity contribution is 7.11. The van der Waals surface area contributed by atoms with Crippen molar-refractivity contribution >= 4 is 17.3 Å². The summed E-state index contributed by atoms with van der Waals surface area (Å²) in [6.45, 7) is 2.88. The molecule has 0 aromatic carbocycles. The van der Waals surface area contributed by atoms with Gasteiger partial charge in [0, 0.05) is 37.6 Å². The van der Waals surface area contributed by atoms with Gasteiger partial charge in [-0.05, 0) is 26.4 Å². The topological polar surface area (TPSA) is 52.6 Å². The number of thiazole rings is 1. The number of hydrogen-bond donors (Lipinski definition) is 2. The van der Waals surface area contributed by atoms with Crippen LogP contribution in [0.5, 0.6) is 0 Å². The molecule has 1 aromatic heterocycles. The fourth-order valence-corrected chi connectivity index (χ4v) is 2.94. The van der Waals surface area contributed by atoms with Gasteiger partial charge in [0.2, 0.25) is 0 Å². The van der Waals surface area contributed by atoms with Crippen molar-refractivity contribution in [3.63, 3.8) is 0 Å². The first-order valence-corrected chi connectivity index (χ1v) is 8.79. The molecule has 0 bridgehead atoms. The number of hydrogen-bond acceptors (Lipinski definition) is 4. The van der Waals surface area contributed by atoms with Crippen LogP contribution in [0.25, 0.3) is 0 Å². The van der Waals surface area contributed by atoms with Crippen LogP contribution in [0.4, 0.5) is 13.2 Å². The Morgan fingerprint density at radius 1 is 1.33 bits per heavy atom. The number of rotatable bonds is 9. The number of aryl methyl sites for hydroxylation is 1. The molecule has 5 nitrogen and oxygen atoms in total. The quantitative estimate of drug-likeness (QED) is 0.401. The first-order chi connectivity index (χ1) is 11.3. The van der Waals surface area contributed by atoms with Gasteiger partial charge in [-0.3, -0.25) is 9.89 Å². The lowest BCUT2D eigenvalue weighted by Gasteiger charge is -2.18. The normalized spacial score (nSPS) is 12.7. The molecule has 0 aliphatic carbocycles. The molecule has 1 heterocycles. The van der Waals surface area contributed by atoms with Gasteiger partial charge in [-0.15, -0.1) is 11.3 Å². The van der Waals surface area contributed by atoms with Crippen molar-refractivity contribution in [3.05, 3.63) is 16.1 Å². The summed E-state index contributed by atoms with van der Waals surface area (Å²) >= 11 is 1.71. The lowest BCUT2D eigenvalue weighted by atomic mass is 10.4. The zero-order chi connectivity index (χ0) is 18.0. The summed E-state index contributed by atoms with van der Waals surface area (Å²) in [4.78, 5) is 11.0. The van der Waals surface area contributed by atoms with Crippen molar-refractivity contribution in [2.24, 2.45) is 4.99 Å². The smallest absolute Gasteiger partial charge is 0.356 e. The number of aromatic nitrogens is 1. The molecule has 1 rings (SSSR count). The molecule has 0 unspecified atom stereocenters. The molecule has 138 valence electrons. The second kappa shape index (κ2) is 10.5. The van der Waals surface area contributed by atoms with Crippen LogP contribution in [0.15, 0.2) is 11.2 Å². The Hall–Kier alpha value is -1.35. The maximum absolute atomic E-state index is 12.2. The summed E-state index contributed by atoms with van der Waals surface area (Å²) in [6, 6.07) is 0. The van der Waals surface area contributed by atoms with Gasteiger partial charge in [0.05, 0.1) is 11.6 Å². The van der Waals surface area contributed by atoms with Crippen LogP contribution in [-0.2, 0) is 12.8 Å². The van der Waals surface area contributed by atoms with Crippen molar-refractivity contribution in [2.45, 2.75) is 32.4 Å². The maximum atomic E-state index is 12.2. The average molecular weight is 365 g/mol. The zero-order valence-electron chi connectivity index (χ0n) is 14.4. The van der Waals surface area contributed by atoms with Gasteiger partial charge in [0.15, 0.2) is 5.96 Å². The highest BCUT2D eigenvalue weighted by Crippen LogP contribution is 2.15. The fraction of sp³-hybridized carbons (Fsp3) is 0.733. The van der Waals surface area contributed by atoms with Gasteiger partial charge in [-0.2, -0.15) is 13.2 Å². The summed E-state index contributed by atoms with van der Waals surface area (Å²) in [6.07, 6.45) is 0.189. The summed E-state index contributed by atoms with van der Waals surface area (Å²) in [5, 5.41) is 7.37. The molecule has 9 heteroatoms. The van der Waals surface area contributed by atoms with Gasteiger partial charge in [-0.25, -0.2) is 4.98 Å². The van der Waals surface area contributed by atoms with Crippen molar-refractivity contribution < 1.29 is 13.2 Å². The van der Waals surface area contributed by atoms with E-state index in [1.807, 2.05) is 6.20 Å². The fourth-order valence-electron chi connectivity index (χ4n) is 2.08. The first kappa shape index (κ1) is 20.7. The van der Waals surface area contributed by atoms with E-state index < -0.39 is 12.7 Å². The third kappa shape index (κ3) is 9.07.